The van der Waals surface area contributed by atoms with Gasteiger partial charge in [-0.15, -0.1) is 0 Å². The molecule has 2 aliphatic rings. The second-order valence-corrected chi connectivity index (χ2v) is 11.1. The third-order valence-corrected chi connectivity index (χ3v) is 8.58. The Balaban J connectivity index is 1.41. The van der Waals surface area contributed by atoms with E-state index in [0.717, 1.165) is 13.1 Å². The minimum absolute atomic E-state index is 0.111. The highest BCUT2D eigenvalue weighted by Crippen LogP contribution is 2.25. The molecule has 1 atom stereocenters. The van der Waals surface area contributed by atoms with Crippen molar-refractivity contribution in [3.8, 4) is 0 Å². The number of morpholine rings is 1. The summed E-state index contributed by atoms with van der Waals surface area (Å²) < 4.78 is 32.6. The molecule has 2 heterocycles. The first-order valence-electron chi connectivity index (χ1n) is 12.2. The van der Waals surface area contributed by atoms with E-state index in [1.54, 1.807) is 18.2 Å². The van der Waals surface area contributed by atoms with Gasteiger partial charge >= 0.3 is 0 Å². The maximum Gasteiger partial charge on any atom is 0.243 e. The Bertz CT molecular complexity index is 1060. The summed E-state index contributed by atoms with van der Waals surface area (Å²) in [5.41, 5.74) is 2.90. The highest BCUT2D eigenvalue weighted by atomic mass is 32.2. The minimum atomic E-state index is -3.63. The molecular weight excluding hydrogens is 450 g/mol. The van der Waals surface area contributed by atoms with Crippen molar-refractivity contribution in [2.75, 3.05) is 52.5 Å². The van der Waals surface area contributed by atoms with E-state index in [0.29, 0.717) is 38.4 Å². The Kier molecular flexibility index (Phi) is 8.50. The predicted molar refractivity (Wildman–Crippen MR) is 133 cm³/mol. The number of hydrogen-bond acceptors (Lipinski definition) is 6. The Labute approximate surface area is 203 Å². The number of rotatable bonds is 9. The quantitative estimate of drug-likeness (QED) is 0.550. The fourth-order valence-electron chi connectivity index (χ4n) is 4.67. The molecule has 184 valence electrons. The van der Waals surface area contributed by atoms with E-state index < -0.39 is 10.0 Å². The van der Waals surface area contributed by atoms with Crippen LogP contribution in [0.3, 0.4) is 0 Å². The number of nitrogens with zero attached hydrogens (tertiary/aromatic N) is 2. The Morgan fingerprint density at radius 1 is 1.00 bits per heavy atom. The van der Waals surface area contributed by atoms with Gasteiger partial charge in [-0.3, -0.25) is 9.69 Å². The number of hydrogen-bond donors (Lipinski definition) is 1. The second-order valence-electron chi connectivity index (χ2n) is 9.12. The molecule has 0 bridgehead atoms. The molecular formula is C26H35N3O4S. The van der Waals surface area contributed by atoms with Crippen LogP contribution in [0.1, 0.15) is 46.8 Å². The standard InChI is InChI=1S/C26H35N3O4S/c1-21-8-10-22(11-9-21)25(28-12-3-2-4-13-28)19-27-20-26(30)23-6-5-7-24(18-23)34(31,32)29-14-16-33-17-15-29/h5-11,18,25,27H,2-4,12-17,19-20H2,1H3. The van der Waals surface area contributed by atoms with Gasteiger partial charge in [0, 0.05) is 31.2 Å². The molecule has 2 fully saturated rings. The van der Waals surface area contributed by atoms with Crippen molar-refractivity contribution in [2.45, 2.75) is 37.1 Å². The molecule has 0 aliphatic carbocycles. The lowest BCUT2D eigenvalue weighted by atomic mass is 10.0. The van der Waals surface area contributed by atoms with Crippen molar-refractivity contribution in [1.29, 1.82) is 0 Å². The number of carbonyl (C=O) groups excluding carboxylic acids is 1. The first-order valence-corrected chi connectivity index (χ1v) is 13.6. The molecule has 1 N–H and O–H groups in total. The van der Waals surface area contributed by atoms with Gasteiger partial charge in [0.05, 0.1) is 24.7 Å². The average Bonchev–Trinajstić information content (AvgIpc) is 2.88. The van der Waals surface area contributed by atoms with Crippen molar-refractivity contribution in [3.05, 3.63) is 65.2 Å². The van der Waals surface area contributed by atoms with Gasteiger partial charge in [-0.1, -0.05) is 48.4 Å². The molecule has 34 heavy (non-hydrogen) atoms. The van der Waals surface area contributed by atoms with Gasteiger partial charge in [0.15, 0.2) is 5.78 Å². The van der Waals surface area contributed by atoms with E-state index in [4.69, 9.17) is 4.74 Å². The lowest BCUT2D eigenvalue weighted by molar-refractivity contribution is 0.0730. The van der Waals surface area contributed by atoms with Crippen LogP contribution in [0.4, 0.5) is 0 Å². The largest absolute Gasteiger partial charge is 0.379 e. The van der Waals surface area contributed by atoms with Gasteiger partial charge in [0.25, 0.3) is 0 Å². The zero-order chi connectivity index (χ0) is 24.0. The molecule has 4 rings (SSSR count). The summed E-state index contributed by atoms with van der Waals surface area (Å²) in [5.74, 6) is -0.111. The molecule has 2 aromatic rings. The van der Waals surface area contributed by atoms with Crippen molar-refractivity contribution in [2.24, 2.45) is 0 Å². The molecule has 0 radical (unpaired) electrons. The summed E-state index contributed by atoms with van der Waals surface area (Å²) in [4.78, 5) is 15.6. The molecule has 0 spiro atoms. The van der Waals surface area contributed by atoms with E-state index in [9.17, 15) is 13.2 Å². The molecule has 7 nitrogen and oxygen atoms in total. The molecule has 2 aromatic carbocycles. The summed E-state index contributed by atoms with van der Waals surface area (Å²) in [6.07, 6.45) is 3.67. The van der Waals surface area contributed by atoms with E-state index in [-0.39, 0.29) is 23.3 Å². The fraction of sp³-hybridized carbons (Fsp3) is 0.500. The normalized spacial score (nSPS) is 19.1. The van der Waals surface area contributed by atoms with Crippen molar-refractivity contribution >= 4 is 15.8 Å². The fourth-order valence-corrected chi connectivity index (χ4v) is 6.12. The van der Waals surface area contributed by atoms with Crippen LogP contribution in [0.5, 0.6) is 0 Å². The molecule has 2 saturated heterocycles. The van der Waals surface area contributed by atoms with Gasteiger partial charge in [-0.2, -0.15) is 4.31 Å². The molecule has 0 amide bonds. The van der Waals surface area contributed by atoms with Gasteiger partial charge in [-0.05, 0) is 50.6 Å². The lowest BCUT2D eigenvalue weighted by Gasteiger charge is -2.35. The van der Waals surface area contributed by atoms with Crippen LogP contribution in [0.25, 0.3) is 0 Å². The topological polar surface area (TPSA) is 79.0 Å². The van der Waals surface area contributed by atoms with E-state index in [1.165, 1.54) is 40.8 Å². The summed E-state index contributed by atoms with van der Waals surface area (Å²) in [5, 5.41) is 3.35. The third-order valence-electron chi connectivity index (χ3n) is 6.68. The van der Waals surface area contributed by atoms with Gasteiger partial charge < -0.3 is 10.1 Å². The number of carbonyl (C=O) groups is 1. The minimum Gasteiger partial charge on any atom is -0.379 e. The maximum absolute atomic E-state index is 13.0. The smallest absolute Gasteiger partial charge is 0.243 e. The van der Waals surface area contributed by atoms with Gasteiger partial charge in [-0.25, -0.2) is 8.42 Å². The summed E-state index contributed by atoms with van der Waals surface area (Å²) >= 11 is 0. The summed E-state index contributed by atoms with van der Waals surface area (Å²) in [7, 11) is -3.63. The third kappa shape index (κ3) is 6.12. The van der Waals surface area contributed by atoms with E-state index in [1.807, 2.05) is 0 Å². The number of benzene rings is 2. The Morgan fingerprint density at radius 3 is 2.41 bits per heavy atom. The van der Waals surface area contributed by atoms with Crippen molar-refractivity contribution < 1.29 is 17.9 Å². The molecule has 2 aliphatic heterocycles. The number of Topliss-reactive ketones (excluding diaryl/α,β-unsaturated/α-hetero) is 1. The first kappa shape index (κ1) is 25.0. The molecule has 8 heteroatoms. The predicted octanol–water partition coefficient (Wildman–Crippen LogP) is 3.02. The SMILES string of the molecule is Cc1ccc(C(CNCC(=O)c2cccc(S(=O)(=O)N3CCOCC3)c2)N2CCCCC2)cc1. The average molecular weight is 486 g/mol. The number of sulfonamides is 1. The van der Waals surface area contributed by atoms with Crippen LogP contribution in [-0.2, 0) is 14.8 Å². The van der Waals surface area contributed by atoms with Crippen molar-refractivity contribution in [3.63, 3.8) is 0 Å². The zero-order valence-corrected chi connectivity index (χ0v) is 20.7. The number of ether oxygens (including phenoxy) is 1. The van der Waals surface area contributed by atoms with Crippen molar-refractivity contribution in [1.82, 2.24) is 14.5 Å². The van der Waals surface area contributed by atoms with Crippen LogP contribution in [0.2, 0.25) is 0 Å². The highest BCUT2D eigenvalue weighted by molar-refractivity contribution is 7.89. The molecule has 1 unspecified atom stereocenters. The lowest BCUT2D eigenvalue weighted by Crippen LogP contribution is -2.40. The number of aryl methyl sites for hydroxylation is 1. The number of piperidine rings is 1. The number of likely N-dealkylation sites (tertiary alicyclic amines) is 1. The number of ketones is 1. The maximum atomic E-state index is 13.0. The van der Waals surface area contributed by atoms with Crippen LogP contribution in [0.15, 0.2) is 53.4 Å². The van der Waals surface area contributed by atoms with Gasteiger partial charge in [0.1, 0.15) is 0 Å². The first-order chi connectivity index (χ1) is 16.4. The summed E-state index contributed by atoms with van der Waals surface area (Å²) in [6, 6.07) is 15.2. The molecule has 0 saturated carbocycles. The van der Waals surface area contributed by atoms with Crippen LogP contribution < -0.4 is 5.32 Å². The molecule has 0 aromatic heterocycles. The van der Waals surface area contributed by atoms with Crippen LogP contribution in [0, 0.1) is 6.92 Å². The van der Waals surface area contributed by atoms with Gasteiger partial charge in [0.2, 0.25) is 10.0 Å². The second kappa shape index (κ2) is 11.6. The zero-order valence-electron chi connectivity index (χ0n) is 19.9. The highest BCUT2D eigenvalue weighted by Gasteiger charge is 2.27. The number of nitrogens with one attached hydrogen (secondary N) is 1. The summed E-state index contributed by atoms with van der Waals surface area (Å²) in [6.45, 7) is 6.49. The monoisotopic (exact) mass is 485 g/mol. The Hall–Kier alpha value is -2.10. The Morgan fingerprint density at radius 2 is 1.71 bits per heavy atom. The van der Waals surface area contributed by atoms with E-state index >= 15 is 0 Å². The van der Waals surface area contributed by atoms with Crippen LogP contribution in [-0.4, -0.2) is 75.9 Å². The van der Waals surface area contributed by atoms with E-state index in [2.05, 4.69) is 41.4 Å². The van der Waals surface area contributed by atoms with Crippen LogP contribution >= 0.6 is 0 Å².